The van der Waals surface area contributed by atoms with E-state index in [4.69, 9.17) is 16.5 Å². The lowest BCUT2D eigenvalue weighted by Gasteiger charge is -2.14. The number of nitrogens with one attached hydrogen (secondary N) is 1. The van der Waals surface area contributed by atoms with Crippen molar-refractivity contribution >= 4 is 30.4 Å². The summed E-state index contributed by atoms with van der Waals surface area (Å²) in [5.74, 6) is -0.376. The predicted octanol–water partition coefficient (Wildman–Crippen LogP) is 3.37. The minimum absolute atomic E-state index is 0.237. The third kappa shape index (κ3) is 5.08. The summed E-state index contributed by atoms with van der Waals surface area (Å²) in [6, 6.07) is 16.5. The van der Waals surface area contributed by atoms with Crippen LogP contribution in [0.4, 0.5) is 0 Å². The first kappa shape index (κ1) is 15.9. The van der Waals surface area contributed by atoms with E-state index in [0.29, 0.717) is 6.42 Å². The second kappa shape index (κ2) is 8.08. The number of carbonyl (C=O) groups excluding carboxylic acids is 1. The van der Waals surface area contributed by atoms with Gasteiger partial charge in [-0.25, -0.2) is 4.84 Å². The van der Waals surface area contributed by atoms with Gasteiger partial charge in [-0.3, -0.25) is 4.79 Å². The average molecular weight is 322 g/mol. The Bertz CT molecular complexity index is 592. The van der Waals surface area contributed by atoms with Crippen molar-refractivity contribution in [3.05, 3.63) is 65.7 Å². The number of thiol groups is 1. The Morgan fingerprint density at radius 1 is 1.14 bits per heavy atom. The van der Waals surface area contributed by atoms with Crippen LogP contribution in [0.1, 0.15) is 11.1 Å². The third-order valence-corrected chi connectivity index (χ3v) is 3.53. The molecular weight excluding hydrogens is 306 g/mol. The van der Waals surface area contributed by atoms with Crippen LogP contribution in [0.5, 0.6) is 0 Å². The van der Waals surface area contributed by atoms with Crippen molar-refractivity contribution in [1.82, 2.24) is 4.84 Å². The van der Waals surface area contributed by atoms with Crippen molar-refractivity contribution < 1.29 is 9.53 Å². The number of halogens is 1. The van der Waals surface area contributed by atoms with Crippen molar-refractivity contribution in [2.75, 3.05) is 0 Å². The number of benzene rings is 2. The number of hydrogen-bond acceptors (Lipinski definition) is 4. The Labute approximate surface area is 134 Å². The zero-order chi connectivity index (χ0) is 15.1. The summed E-state index contributed by atoms with van der Waals surface area (Å²) in [6.07, 6.45) is 0.450. The summed E-state index contributed by atoms with van der Waals surface area (Å²) in [7, 11) is 0. The molecule has 0 radical (unpaired) electrons. The lowest BCUT2D eigenvalue weighted by atomic mass is 10.1. The molecular formula is C16H16ClNO2S. The molecule has 2 aromatic carbocycles. The van der Waals surface area contributed by atoms with Gasteiger partial charge in [0.2, 0.25) is 0 Å². The number of hydrogen-bond donors (Lipinski definition) is 2. The zero-order valence-corrected chi connectivity index (χ0v) is 13.0. The summed E-state index contributed by atoms with van der Waals surface area (Å²) in [5.41, 5.74) is 1.91. The van der Waals surface area contributed by atoms with Crippen LogP contribution in [0.15, 0.2) is 59.5 Å². The summed E-state index contributed by atoms with van der Waals surface area (Å²) >= 11 is 9.94. The molecule has 3 nitrogen and oxygen atoms in total. The highest BCUT2D eigenvalue weighted by molar-refractivity contribution is 7.80. The molecule has 2 aromatic rings. The second-order valence-electron chi connectivity index (χ2n) is 4.63. The van der Waals surface area contributed by atoms with E-state index in [1.165, 1.54) is 0 Å². The smallest absolute Gasteiger partial charge is 0.325 e. The van der Waals surface area contributed by atoms with Crippen LogP contribution in [0.2, 0.25) is 0 Å². The molecule has 5 heteroatoms. The summed E-state index contributed by atoms with van der Waals surface area (Å²) in [4.78, 5) is 15.4. The van der Waals surface area contributed by atoms with Gasteiger partial charge in [0.25, 0.3) is 0 Å². The van der Waals surface area contributed by atoms with Crippen molar-refractivity contribution in [2.24, 2.45) is 0 Å². The monoisotopic (exact) mass is 321 g/mol. The normalized spacial score (nSPS) is 11.9. The first-order valence-electron chi connectivity index (χ1n) is 6.53. The van der Waals surface area contributed by atoms with Crippen LogP contribution in [0.25, 0.3) is 0 Å². The van der Waals surface area contributed by atoms with E-state index in [9.17, 15) is 4.79 Å². The van der Waals surface area contributed by atoms with Gasteiger partial charge in [-0.2, -0.15) is 0 Å². The fourth-order valence-electron chi connectivity index (χ4n) is 1.91. The molecule has 0 aromatic heterocycles. The van der Waals surface area contributed by atoms with Gasteiger partial charge in [0, 0.05) is 4.90 Å². The third-order valence-electron chi connectivity index (χ3n) is 2.99. The van der Waals surface area contributed by atoms with Crippen LogP contribution in [-0.2, 0) is 22.6 Å². The Kier molecular flexibility index (Phi) is 6.11. The summed E-state index contributed by atoms with van der Waals surface area (Å²) in [5, 5.41) is 0. The second-order valence-corrected chi connectivity index (χ2v) is 5.36. The quantitative estimate of drug-likeness (QED) is 0.487. The number of rotatable bonds is 6. The highest BCUT2D eigenvalue weighted by Crippen LogP contribution is 2.12. The topological polar surface area (TPSA) is 38.3 Å². The van der Waals surface area contributed by atoms with E-state index < -0.39 is 6.04 Å². The van der Waals surface area contributed by atoms with Crippen LogP contribution in [0.3, 0.4) is 0 Å². The maximum absolute atomic E-state index is 12.0. The van der Waals surface area contributed by atoms with E-state index in [2.05, 4.69) is 17.5 Å². The van der Waals surface area contributed by atoms with Crippen molar-refractivity contribution in [3.8, 4) is 0 Å². The summed E-state index contributed by atoms with van der Waals surface area (Å²) in [6.45, 7) is 0.237. The molecule has 0 heterocycles. The highest BCUT2D eigenvalue weighted by Gasteiger charge is 2.19. The van der Waals surface area contributed by atoms with Gasteiger partial charge < -0.3 is 4.74 Å². The molecule has 21 heavy (non-hydrogen) atoms. The fourth-order valence-corrected chi connectivity index (χ4v) is 2.33. The lowest BCUT2D eigenvalue weighted by Crippen LogP contribution is -2.34. The molecule has 0 saturated heterocycles. The predicted molar refractivity (Wildman–Crippen MR) is 86.4 cm³/mol. The van der Waals surface area contributed by atoms with Crippen molar-refractivity contribution in [1.29, 1.82) is 0 Å². The molecule has 0 fully saturated rings. The Balaban J connectivity index is 1.92. The van der Waals surface area contributed by atoms with Gasteiger partial charge in [-0.1, -0.05) is 42.5 Å². The maximum Gasteiger partial charge on any atom is 0.325 e. The van der Waals surface area contributed by atoms with Crippen LogP contribution in [-0.4, -0.2) is 12.0 Å². The molecule has 0 aliphatic heterocycles. The number of carbonyl (C=O) groups is 1. The highest BCUT2D eigenvalue weighted by atomic mass is 35.5. The summed E-state index contributed by atoms with van der Waals surface area (Å²) < 4.78 is 5.28. The van der Waals surface area contributed by atoms with Gasteiger partial charge in [-0.15, -0.1) is 12.6 Å². The molecule has 0 unspecified atom stereocenters. The van der Waals surface area contributed by atoms with Gasteiger partial charge in [0.15, 0.2) is 0 Å². The minimum atomic E-state index is -0.592. The Morgan fingerprint density at radius 2 is 1.86 bits per heavy atom. The number of ether oxygens (including phenoxy) is 1. The number of esters is 1. The molecule has 0 saturated carbocycles. The molecule has 0 bridgehead atoms. The molecule has 0 amide bonds. The van der Waals surface area contributed by atoms with E-state index in [-0.39, 0.29) is 12.6 Å². The SMILES string of the molecule is O=C(OCc1ccccc1)[C@H](Cc1cccc(S)c1)NCl. The standard InChI is InChI=1S/C16H16ClNO2S/c17-18-15(10-13-7-4-8-14(21)9-13)16(19)20-11-12-5-2-1-3-6-12/h1-9,15,18,21H,10-11H2/t15-/m0/s1. The Morgan fingerprint density at radius 3 is 2.52 bits per heavy atom. The van der Waals surface area contributed by atoms with Gasteiger partial charge in [0.05, 0.1) is 0 Å². The lowest BCUT2D eigenvalue weighted by molar-refractivity contribution is -0.146. The van der Waals surface area contributed by atoms with Gasteiger partial charge in [-0.05, 0) is 41.5 Å². The molecule has 1 N–H and O–H groups in total. The maximum atomic E-state index is 12.0. The zero-order valence-electron chi connectivity index (χ0n) is 11.3. The largest absolute Gasteiger partial charge is 0.460 e. The van der Waals surface area contributed by atoms with Gasteiger partial charge >= 0.3 is 5.97 Å². The van der Waals surface area contributed by atoms with E-state index in [0.717, 1.165) is 16.0 Å². The first-order valence-corrected chi connectivity index (χ1v) is 7.36. The molecule has 0 spiro atoms. The van der Waals surface area contributed by atoms with E-state index >= 15 is 0 Å². The first-order chi connectivity index (χ1) is 10.2. The van der Waals surface area contributed by atoms with Crippen LogP contribution in [0, 0.1) is 0 Å². The van der Waals surface area contributed by atoms with Crippen LogP contribution >= 0.6 is 24.4 Å². The van der Waals surface area contributed by atoms with Crippen LogP contribution < -0.4 is 4.84 Å². The molecule has 0 aliphatic carbocycles. The molecule has 110 valence electrons. The van der Waals surface area contributed by atoms with E-state index in [1.807, 2.05) is 54.6 Å². The van der Waals surface area contributed by atoms with Crippen molar-refractivity contribution in [2.45, 2.75) is 24.0 Å². The van der Waals surface area contributed by atoms with Crippen molar-refractivity contribution in [3.63, 3.8) is 0 Å². The Hall–Kier alpha value is -1.49. The average Bonchev–Trinajstić information content (AvgIpc) is 2.51. The fraction of sp³-hybridized carbons (Fsp3) is 0.188. The van der Waals surface area contributed by atoms with Gasteiger partial charge in [0.1, 0.15) is 12.6 Å². The molecule has 0 aliphatic rings. The van der Waals surface area contributed by atoms with E-state index in [1.54, 1.807) is 0 Å². The minimum Gasteiger partial charge on any atom is -0.460 e. The molecule has 2 rings (SSSR count). The molecule has 1 atom stereocenters.